The summed E-state index contributed by atoms with van der Waals surface area (Å²) in [6.45, 7) is 7.27. The van der Waals surface area contributed by atoms with Crippen LogP contribution in [-0.4, -0.2) is 34.3 Å². The van der Waals surface area contributed by atoms with Crippen molar-refractivity contribution < 1.29 is 19.4 Å². The molecule has 23 heavy (non-hydrogen) atoms. The second-order valence-electron chi connectivity index (χ2n) is 7.13. The Morgan fingerprint density at radius 2 is 2.09 bits per heavy atom. The summed E-state index contributed by atoms with van der Waals surface area (Å²) in [4.78, 5) is 28.3. The van der Waals surface area contributed by atoms with E-state index in [4.69, 9.17) is 4.74 Å². The summed E-state index contributed by atoms with van der Waals surface area (Å²) < 4.78 is 5.21. The second-order valence-corrected chi connectivity index (χ2v) is 8.19. The summed E-state index contributed by atoms with van der Waals surface area (Å²) in [6.07, 6.45) is 1.47. The molecule has 7 heteroatoms. The van der Waals surface area contributed by atoms with Gasteiger partial charge in [-0.05, 0) is 46.5 Å². The topological polar surface area (TPSA) is 88.5 Å². The summed E-state index contributed by atoms with van der Waals surface area (Å²) in [7, 11) is 0. The average molecular weight is 340 g/mol. The minimum Gasteiger partial charge on any atom is -0.481 e. The number of alkyl carbamates (subject to hydrolysis) is 1. The Labute approximate surface area is 140 Å². The van der Waals surface area contributed by atoms with Crippen LogP contribution in [0.4, 0.5) is 4.79 Å². The minimum absolute atomic E-state index is 0.0541. The van der Waals surface area contributed by atoms with Gasteiger partial charge in [0.1, 0.15) is 5.60 Å². The van der Waals surface area contributed by atoms with Crippen molar-refractivity contribution in [3.63, 3.8) is 0 Å². The molecule has 1 unspecified atom stereocenters. The average Bonchev–Trinajstić information content (AvgIpc) is 3.17. The van der Waals surface area contributed by atoms with Gasteiger partial charge in [-0.1, -0.05) is 0 Å². The van der Waals surface area contributed by atoms with Gasteiger partial charge in [-0.15, -0.1) is 11.3 Å². The van der Waals surface area contributed by atoms with Gasteiger partial charge in [0.15, 0.2) is 0 Å². The van der Waals surface area contributed by atoms with Crippen molar-refractivity contribution in [1.29, 1.82) is 0 Å². The van der Waals surface area contributed by atoms with Crippen molar-refractivity contribution in [2.24, 2.45) is 11.3 Å². The molecule has 1 atom stereocenters. The van der Waals surface area contributed by atoms with Crippen LogP contribution in [0.15, 0.2) is 5.38 Å². The number of rotatable bonds is 6. The zero-order valence-corrected chi connectivity index (χ0v) is 14.8. The summed E-state index contributed by atoms with van der Waals surface area (Å²) in [6, 6.07) is 0. The van der Waals surface area contributed by atoms with Crippen LogP contribution in [-0.2, 0) is 16.0 Å². The van der Waals surface area contributed by atoms with Crippen LogP contribution in [0, 0.1) is 18.3 Å². The molecule has 0 saturated heterocycles. The Morgan fingerprint density at radius 1 is 1.43 bits per heavy atom. The Balaban J connectivity index is 2.11. The number of nitrogens with zero attached hydrogens (tertiary/aromatic N) is 1. The summed E-state index contributed by atoms with van der Waals surface area (Å²) in [5.74, 6) is -0.821. The maximum Gasteiger partial charge on any atom is 0.407 e. The van der Waals surface area contributed by atoms with Crippen LogP contribution in [0.25, 0.3) is 0 Å². The number of hydrogen-bond acceptors (Lipinski definition) is 5. The molecule has 0 radical (unpaired) electrons. The van der Waals surface area contributed by atoms with Gasteiger partial charge in [-0.2, -0.15) is 0 Å². The number of carbonyl (C=O) groups excluding carboxylic acids is 1. The third-order valence-electron chi connectivity index (χ3n) is 3.89. The molecular weight excluding hydrogens is 316 g/mol. The van der Waals surface area contributed by atoms with E-state index in [0.717, 1.165) is 23.5 Å². The van der Waals surface area contributed by atoms with E-state index in [2.05, 4.69) is 10.3 Å². The van der Waals surface area contributed by atoms with Crippen LogP contribution in [0.1, 0.15) is 44.3 Å². The van der Waals surface area contributed by atoms with Gasteiger partial charge in [0.05, 0.1) is 16.1 Å². The van der Waals surface area contributed by atoms with Gasteiger partial charge < -0.3 is 15.2 Å². The van der Waals surface area contributed by atoms with E-state index in [9.17, 15) is 14.7 Å². The number of aromatic nitrogens is 1. The maximum atomic E-state index is 12.0. The molecule has 1 amide bonds. The Hall–Kier alpha value is -1.63. The van der Waals surface area contributed by atoms with Gasteiger partial charge in [-0.3, -0.25) is 4.79 Å². The molecule has 0 aromatic carbocycles. The molecule has 1 aliphatic carbocycles. The zero-order chi connectivity index (χ0) is 17.3. The molecule has 2 N–H and O–H groups in total. The van der Waals surface area contributed by atoms with Crippen molar-refractivity contribution in [3.8, 4) is 0 Å². The highest BCUT2D eigenvalue weighted by molar-refractivity contribution is 7.09. The first kappa shape index (κ1) is 17.7. The lowest BCUT2D eigenvalue weighted by Crippen LogP contribution is -2.47. The third-order valence-corrected chi connectivity index (χ3v) is 4.72. The monoisotopic (exact) mass is 340 g/mol. The number of ether oxygens (including phenoxy) is 1. The van der Waals surface area contributed by atoms with Gasteiger partial charge in [-0.25, -0.2) is 9.78 Å². The lowest BCUT2D eigenvalue weighted by molar-refractivity contribution is -0.150. The van der Waals surface area contributed by atoms with Crippen molar-refractivity contribution in [2.75, 3.05) is 6.54 Å². The maximum absolute atomic E-state index is 12.0. The van der Waals surface area contributed by atoms with Crippen LogP contribution >= 0.6 is 11.3 Å². The predicted molar refractivity (Wildman–Crippen MR) is 87.6 cm³/mol. The Bertz CT molecular complexity index is 589. The van der Waals surface area contributed by atoms with Crippen molar-refractivity contribution in [2.45, 2.75) is 52.6 Å². The molecule has 128 valence electrons. The van der Waals surface area contributed by atoms with E-state index in [0.29, 0.717) is 6.42 Å². The Kier molecular flexibility index (Phi) is 4.98. The smallest absolute Gasteiger partial charge is 0.407 e. The van der Waals surface area contributed by atoms with Crippen molar-refractivity contribution in [1.82, 2.24) is 10.3 Å². The highest BCUT2D eigenvalue weighted by atomic mass is 32.1. The number of nitrogens with one attached hydrogen (secondary N) is 1. The lowest BCUT2D eigenvalue weighted by Gasteiger charge is -2.30. The highest BCUT2D eigenvalue weighted by Gasteiger charge is 2.51. The fourth-order valence-corrected chi connectivity index (χ4v) is 3.28. The van der Waals surface area contributed by atoms with Gasteiger partial charge in [0, 0.05) is 18.3 Å². The largest absolute Gasteiger partial charge is 0.481 e. The summed E-state index contributed by atoms with van der Waals surface area (Å²) in [5, 5.41) is 15.3. The quantitative estimate of drug-likeness (QED) is 0.831. The van der Waals surface area contributed by atoms with E-state index in [-0.39, 0.29) is 12.5 Å². The molecule has 1 aromatic heterocycles. The molecule has 1 fully saturated rings. The standard InChI is InChI=1S/C16H24N2O4S/c1-10-18-12(8-23-10)7-16(13(19)20,11-5-6-11)9-17-14(21)22-15(2,3)4/h8,11H,5-7,9H2,1-4H3,(H,17,21)(H,19,20). The number of amides is 1. The molecule has 1 aromatic rings. The first-order valence-electron chi connectivity index (χ1n) is 7.74. The summed E-state index contributed by atoms with van der Waals surface area (Å²) in [5.41, 5.74) is -0.855. The van der Waals surface area contributed by atoms with E-state index >= 15 is 0 Å². The second kappa shape index (κ2) is 6.47. The lowest BCUT2D eigenvalue weighted by atomic mass is 9.78. The molecule has 2 rings (SSSR count). The van der Waals surface area contributed by atoms with Crippen molar-refractivity contribution in [3.05, 3.63) is 16.1 Å². The first-order chi connectivity index (χ1) is 10.6. The van der Waals surface area contributed by atoms with Crippen LogP contribution in [0.3, 0.4) is 0 Å². The van der Waals surface area contributed by atoms with Crippen LogP contribution in [0.5, 0.6) is 0 Å². The Morgan fingerprint density at radius 3 is 2.52 bits per heavy atom. The predicted octanol–water partition coefficient (Wildman–Crippen LogP) is 3.00. The fourth-order valence-electron chi connectivity index (χ4n) is 2.67. The van der Waals surface area contributed by atoms with Crippen LogP contribution in [0.2, 0.25) is 0 Å². The number of carboxylic acid groups (broad SMARTS) is 1. The molecule has 1 aliphatic rings. The van der Waals surface area contributed by atoms with E-state index < -0.39 is 23.1 Å². The SMILES string of the molecule is Cc1nc(CC(CNC(=O)OC(C)(C)C)(C(=O)O)C2CC2)cs1. The zero-order valence-electron chi connectivity index (χ0n) is 14.0. The van der Waals surface area contributed by atoms with Gasteiger partial charge in [0.2, 0.25) is 0 Å². The number of thiazole rings is 1. The van der Waals surface area contributed by atoms with Crippen molar-refractivity contribution >= 4 is 23.4 Å². The van der Waals surface area contributed by atoms with E-state index in [1.54, 1.807) is 20.8 Å². The normalized spacial score (nSPS) is 17.4. The molecule has 1 heterocycles. The summed E-state index contributed by atoms with van der Waals surface area (Å²) >= 11 is 1.51. The number of aliphatic carboxylic acids is 1. The molecule has 0 spiro atoms. The first-order valence-corrected chi connectivity index (χ1v) is 8.61. The molecular formula is C16H24N2O4S. The molecule has 1 saturated carbocycles. The van der Waals surface area contributed by atoms with Gasteiger partial charge >= 0.3 is 12.1 Å². The van der Waals surface area contributed by atoms with E-state index in [1.165, 1.54) is 11.3 Å². The van der Waals surface area contributed by atoms with E-state index in [1.807, 2.05) is 12.3 Å². The van der Waals surface area contributed by atoms with Gasteiger partial charge in [0.25, 0.3) is 0 Å². The van der Waals surface area contributed by atoms with Crippen LogP contribution < -0.4 is 5.32 Å². The molecule has 6 nitrogen and oxygen atoms in total. The fraction of sp³-hybridized carbons (Fsp3) is 0.688. The number of hydrogen-bond donors (Lipinski definition) is 2. The number of aryl methyl sites for hydroxylation is 1. The third kappa shape index (κ3) is 4.67. The minimum atomic E-state index is -1.02. The number of carbonyl (C=O) groups is 2. The molecule has 0 bridgehead atoms. The number of carboxylic acids is 1. The highest BCUT2D eigenvalue weighted by Crippen LogP contribution is 2.47. The molecule has 0 aliphatic heterocycles.